The first-order valence-electron chi connectivity index (χ1n) is 6.38. The summed E-state index contributed by atoms with van der Waals surface area (Å²) in [5.41, 5.74) is -1.08. The van der Waals surface area contributed by atoms with Gasteiger partial charge in [-0.25, -0.2) is 0 Å². The van der Waals surface area contributed by atoms with Gasteiger partial charge in [0.15, 0.2) is 0 Å². The smallest absolute Gasteiger partial charge is 0.308 e. The van der Waals surface area contributed by atoms with Crippen molar-refractivity contribution in [1.82, 2.24) is 15.1 Å². The Bertz CT molecular complexity index is 591. The van der Waals surface area contributed by atoms with Gasteiger partial charge in [-0.05, 0) is 36.4 Å². The molecule has 0 aliphatic carbocycles. The van der Waals surface area contributed by atoms with E-state index in [0.29, 0.717) is 13.1 Å². The molecule has 0 atom stereocenters. The van der Waals surface area contributed by atoms with E-state index >= 15 is 0 Å². The SMILES string of the molecule is Cc1c(CNCc2ccc(SC(F)(F)F)cc2)cnn1C. The molecule has 0 unspecified atom stereocenters. The van der Waals surface area contributed by atoms with Gasteiger partial charge in [-0.3, -0.25) is 4.68 Å². The van der Waals surface area contributed by atoms with E-state index in [1.54, 1.807) is 16.8 Å². The third kappa shape index (κ3) is 4.78. The Balaban J connectivity index is 1.85. The summed E-state index contributed by atoms with van der Waals surface area (Å²) in [5, 5.41) is 7.41. The van der Waals surface area contributed by atoms with Gasteiger partial charge in [0.2, 0.25) is 0 Å². The van der Waals surface area contributed by atoms with Crippen LogP contribution in [0, 0.1) is 6.92 Å². The summed E-state index contributed by atoms with van der Waals surface area (Å²) in [6.07, 6.45) is 1.81. The first-order chi connectivity index (χ1) is 9.85. The lowest BCUT2D eigenvalue weighted by molar-refractivity contribution is -0.0328. The fourth-order valence-electron chi connectivity index (χ4n) is 1.87. The number of aryl methyl sites for hydroxylation is 1. The van der Waals surface area contributed by atoms with E-state index in [4.69, 9.17) is 0 Å². The second kappa shape index (κ2) is 6.53. The number of rotatable bonds is 5. The molecule has 0 saturated heterocycles. The number of thioether (sulfide) groups is 1. The summed E-state index contributed by atoms with van der Waals surface area (Å²) in [4.78, 5) is 0.203. The summed E-state index contributed by atoms with van der Waals surface area (Å²) >= 11 is -0.0966. The second-order valence-electron chi connectivity index (χ2n) is 4.67. The van der Waals surface area contributed by atoms with Crippen molar-refractivity contribution in [3.63, 3.8) is 0 Å². The first kappa shape index (κ1) is 15.9. The van der Waals surface area contributed by atoms with E-state index in [0.717, 1.165) is 16.8 Å². The molecule has 21 heavy (non-hydrogen) atoms. The minimum absolute atomic E-state index is 0.0966. The molecule has 1 N–H and O–H groups in total. The van der Waals surface area contributed by atoms with Crippen molar-refractivity contribution in [2.75, 3.05) is 0 Å². The van der Waals surface area contributed by atoms with Crippen LogP contribution in [-0.2, 0) is 20.1 Å². The Morgan fingerprint density at radius 2 is 1.86 bits per heavy atom. The Morgan fingerprint density at radius 3 is 2.38 bits per heavy atom. The van der Waals surface area contributed by atoms with Crippen molar-refractivity contribution in [2.45, 2.75) is 30.4 Å². The summed E-state index contributed by atoms with van der Waals surface area (Å²) in [7, 11) is 1.88. The van der Waals surface area contributed by atoms with Crippen LogP contribution in [0.15, 0.2) is 35.4 Å². The first-order valence-corrected chi connectivity index (χ1v) is 7.19. The molecule has 7 heteroatoms. The second-order valence-corrected chi connectivity index (χ2v) is 5.81. The Labute approximate surface area is 125 Å². The van der Waals surface area contributed by atoms with Crippen molar-refractivity contribution in [3.8, 4) is 0 Å². The van der Waals surface area contributed by atoms with Crippen molar-refractivity contribution < 1.29 is 13.2 Å². The van der Waals surface area contributed by atoms with Crippen LogP contribution in [0.5, 0.6) is 0 Å². The van der Waals surface area contributed by atoms with E-state index in [1.165, 1.54) is 12.1 Å². The van der Waals surface area contributed by atoms with Gasteiger partial charge in [0.1, 0.15) is 0 Å². The standard InChI is InChI=1S/C14H16F3N3S/c1-10-12(9-19-20(10)2)8-18-7-11-3-5-13(6-4-11)21-14(15,16)17/h3-6,9,18H,7-8H2,1-2H3. The van der Waals surface area contributed by atoms with Crippen molar-refractivity contribution in [3.05, 3.63) is 47.3 Å². The number of aromatic nitrogens is 2. The van der Waals surface area contributed by atoms with Crippen LogP contribution in [0.1, 0.15) is 16.8 Å². The number of halogens is 3. The average Bonchev–Trinajstić information content (AvgIpc) is 2.71. The quantitative estimate of drug-likeness (QED) is 0.855. The fourth-order valence-corrected chi connectivity index (χ4v) is 2.41. The molecule has 0 fully saturated rings. The van der Waals surface area contributed by atoms with Crippen molar-refractivity contribution in [1.29, 1.82) is 0 Å². The summed E-state index contributed by atoms with van der Waals surface area (Å²) < 4.78 is 38.5. The number of nitrogens with zero attached hydrogens (tertiary/aromatic N) is 2. The van der Waals surface area contributed by atoms with E-state index < -0.39 is 5.51 Å². The van der Waals surface area contributed by atoms with E-state index in [9.17, 15) is 13.2 Å². The molecule has 3 nitrogen and oxygen atoms in total. The highest BCUT2D eigenvalue weighted by Crippen LogP contribution is 2.36. The van der Waals surface area contributed by atoms with E-state index in [-0.39, 0.29) is 16.7 Å². The molecule has 0 bridgehead atoms. The zero-order valence-electron chi connectivity index (χ0n) is 11.7. The molecular formula is C14H16F3N3S. The van der Waals surface area contributed by atoms with E-state index in [2.05, 4.69) is 10.4 Å². The third-order valence-electron chi connectivity index (χ3n) is 3.14. The minimum Gasteiger partial charge on any atom is -0.308 e. The number of nitrogens with one attached hydrogen (secondary N) is 1. The Kier molecular flexibility index (Phi) is 4.95. The fraction of sp³-hybridized carbons (Fsp3) is 0.357. The molecule has 114 valence electrons. The molecule has 1 aromatic carbocycles. The number of hydrogen-bond acceptors (Lipinski definition) is 3. The maximum absolute atomic E-state index is 12.2. The number of benzene rings is 1. The predicted molar refractivity (Wildman–Crippen MR) is 76.8 cm³/mol. The summed E-state index contributed by atoms with van der Waals surface area (Å²) in [6, 6.07) is 6.39. The maximum Gasteiger partial charge on any atom is 0.446 e. The molecule has 0 amide bonds. The molecule has 1 aromatic heterocycles. The lowest BCUT2D eigenvalue weighted by Gasteiger charge is -2.07. The van der Waals surface area contributed by atoms with Crippen LogP contribution in [0.2, 0.25) is 0 Å². The van der Waals surface area contributed by atoms with Crippen LogP contribution >= 0.6 is 11.8 Å². The zero-order valence-corrected chi connectivity index (χ0v) is 12.6. The Morgan fingerprint density at radius 1 is 1.19 bits per heavy atom. The average molecular weight is 315 g/mol. The largest absolute Gasteiger partial charge is 0.446 e. The molecule has 2 rings (SSSR count). The lowest BCUT2D eigenvalue weighted by atomic mass is 10.2. The predicted octanol–water partition coefficient (Wildman–Crippen LogP) is 3.63. The van der Waals surface area contributed by atoms with Crippen molar-refractivity contribution >= 4 is 11.8 Å². The van der Waals surface area contributed by atoms with E-state index in [1.807, 2.05) is 20.2 Å². The van der Waals surface area contributed by atoms with Crippen LogP contribution < -0.4 is 5.32 Å². The highest BCUT2D eigenvalue weighted by atomic mass is 32.2. The number of hydrogen-bond donors (Lipinski definition) is 1. The topological polar surface area (TPSA) is 29.9 Å². The van der Waals surface area contributed by atoms with Crippen LogP contribution in [0.3, 0.4) is 0 Å². The van der Waals surface area contributed by atoms with Gasteiger partial charge < -0.3 is 5.32 Å². The third-order valence-corrected chi connectivity index (χ3v) is 3.88. The lowest BCUT2D eigenvalue weighted by Crippen LogP contribution is -2.13. The summed E-state index contributed by atoms with van der Waals surface area (Å²) in [6.45, 7) is 3.27. The number of alkyl halides is 3. The van der Waals surface area contributed by atoms with Gasteiger partial charge in [-0.2, -0.15) is 18.3 Å². The van der Waals surface area contributed by atoms with Gasteiger partial charge in [0.25, 0.3) is 0 Å². The molecule has 1 heterocycles. The molecule has 0 aliphatic heterocycles. The molecule has 0 aliphatic rings. The zero-order chi connectivity index (χ0) is 15.5. The minimum atomic E-state index is -4.24. The van der Waals surface area contributed by atoms with Gasteiger partial charge in [-0.1, -0.05) is 12.1 Å². The van der Waals surface area contributed by atoms with Crippen molar-refractivity contribution in [2.24, 2.45) is 7.05 Å². The summed E-state index contributed by atoms with van der Waals surface area (Å²) in [5.74, 6) is 0. The van der Waals surface area contributed by atoms with Crippen LogP contribution in [0.25, 0.3) is 0 Å². The Hall–Kier alpha value is -1.47. The molecule has 0 spiro atoms. The highest BCUT2D eigenvalue weighted by Gasteiger charge is 2.28. The van der Waals surface area contributed by atoms with Crippen LogP contribution in [0.4, 0.5) is 13.2 Å². The normalized spacial score (nSPS) is 11.9. The molecule has 0 saturated carbocycles. The van der Waals surface area contributed by atoms with Gasteiger partial charge >= 0.3 is 5.51 Å². The molecular weight excluding hydrogens is 299 g/mol. The molecule has 2 aromatic rings. The maximum atomic E-state index is 12.2. The van der Waals surface area contributed by atoms with Gasteiger partial charge in [-0.15, -0.1) is 0 Å². The highest BCUT2D eigenvalue weighted by molar-refractivity contribution is 8.00. The molecule has 0 radical (unpaired) electrons. The van der Waals surface area contributed by atoms with Gasteiger partial charge in [0, 0.05) is 36.3 Å². The monoisotopic (exact) mass is 315 g/mol. The van der Waals surface area contributed by atoms with Crippen LogP contribution in [-0.4, -0.2) is 15.3 Å². The van der Waals surface area contributed by atoms with Gasteiger partial charge in [0.05, 0.1) is 6.20 Å².